The van der Waals surface area contributed by atoms with Crippen molar-refractivity contribution in [2.45, 2.75) is 381 Å². The van der Waals surface area contributed by atoms with Gasteiger partial charge in [0, 0.05) is 6.42 Å². The third-order valence-corrected chi connectivity index (χ3v) is 18.0. The van der Waals surface area contributed by atoms with E-state index in [1.807, 2.05) is 6.08 Å². The van der Waals surface area contributed by atoms with Gasteiger partial charge in [-0.25, -0.2) is 0 Å². The molecule has 0 radical (unpaired) electrons. The van der Waals surface area contributed by atoms with Crippen molar-refractivity contribution in [3.63, 3.8) is 0 Å². The van der Waals surface area contributed by atoms with E-state index in [-0.39, 0.29) is 18.9 Å². The van der Waals surface area contributed by atoms with Crippen molar-refractivity contribution in [2.75, 3.05) is 26.4 Å². The van der Waals surface area contributed by atoms with Gasteiger partial charge in [-0.15, -0.1) is 0 Å². The van der Waals surface area contributed by atoms with Crippen molar-refractivity contribution in [1.29, 1.82) is 0 Å². The van der Waals surface area contributed by atoms with Crippen LogP contribution in [0, 0.1) is 0 Å². The first kappa shape index (κ1) is 80.5. The molecule has 0 spiro atoms. The Morgan fingerprint density at radius 3 is 1.14 bits per heavy atom. The number of ether oxygens (including phenoxy) is 6. The zero-order valence-corrected chi connectivity index (χ0v) is 54.7. The number of aliphatic hydroxyl groups excluding tert-OH is 11. The molecule has 0 aromatic rings. The summed E-state index contributed by atoms with van der Waals surface area (Å²) in [5, 5.41) is 120. The van der Waals surface area contributed by atoms with E-state index in [4.69, 9.17) is 28.4 Å². The summed E-state index contributed by atoms with van der Waals surface area (Å²) in [6.07, 6.45) is 32.0. The van der Waals surface area contributed by atoms with Gasteiger partial charge in [0.05, 0.1) is 38.6 Å². The molecule has 17 unspecified atom stereocenters. The quantitative estimate of drug-likeness (QED) is 0.0199. The molecule has 0 aromatic heterocycles. The molecule has 19 heteroatoms. The van der Waals surface area contributed by atoms with Gasteiger partial charge in [0.15, 0.2) is 18.9 Å². The van der Waals surface area contributed by atoms with Gasteiger partial charge < -0.3 is 89.9 Å². The number of unbranched alkanes of at least 4 members (excludes halogenated alkanes) is 37. The van der Waals surface area contributed by atoms with Crippen LogP contribution >= 0.6 is 0 Å². The monoisotopic (exact) mass is 1260 g/mol. The number of hydrogen-bond donors (Lipinski definition) is 12. The normalized spacial score (nSPS) is 28.5. The van der Waals surface area contributed by atoms with Gasteiger partial charge in [0.25, 0.3) is 0 Å². The largest absolute Gasteiger partial charge is 0.394 e. The Morgan fingerprint density at radius 2 is 0.727 bits per heavy atom. The Labute approximate surface area is 530 Å². The highest BCUT2D eigenvalue weighted by Crippen LogP contribution is 2.33. The lowest BCUT2D eigenvalue weighted by Gasteiger charge is -2.48. The molecule has 3 fully saturated rings. The highest BCUT2D eigenvalue weighted by Gasteiger charge is 2.53. The Balaban J connectivity index is 1.35. The second-order valence-electron chi connectivity index (χ2n) is 25.7. The molecule has 3 heterocycles. The summed E-state index contributed by atoms with van der Waals surface area (Å²) in [6, 6.07) is -0.985. The van der Waals surface area contributed by atoms with Crippen molar-refractivity contribution in [1.82, 2.24) is 5.32 Å². The average Bonchev–Trinajstić information content (AvgIpc) is 1.20. The fourth-order valence-corrected chi connectivity index (χ4v) is 12.2. The topological polar surface area (TPSA) is 307 Å². The number of aliphatic hydroxyl groups is 11. The van der Waals surface area contributed by atoms with Crippen LogP contribution in [0.4, 0.5) is 0 Å². The molecule has 3 aliphatic rings. The molecular weight excluding hydrogens is 1130 g/mol. The van der Waals surface area contributed by atoms with Crippen LogP contribution < -0.4 is 5.32 Å². The van der Waals surface area contributed by atoms with Crippen LogP contribution in [0.2, 0.25) is 0 Å². The number of nitrogens with one attached hydrogen (secondary N) is 1. The van der Waals surface area contributed by atoms with Gasteiger partial charge in [-0.2, -0.15) is 0 Å². The smallest absolute Gasteiger partial charge is 0.220 e. The maximum absolute atomic E-state index is 13.4. The SMILES string of the molecule is CCCCCCCC/C=C/CC/C=C/C(O)C(COC1OC(CO)C(OC2OC(CO)C(OC3OC(CO)C(O)C(O)C3O)C(O)C2O)C(O)C1O)NC(=O)CCCCCCCCCCCCCCCCCCCCCCCCCCCCCCCCC. The third-order valence-electron chi connectivity index (χ3n) is 18.0. The van der Waals surface area contributed by atoms with Crippen molar-refractivity contribution >= 4 is 5.91 Å². The predicted molar refractivity (Wildman–Crippen MR) is 342 cm³/mol. The molecule has 17 atom stereocenters. The lowest BCUT2D eigenvalue weighted by Crippen LogP contribution is -2.66. The number of carbonyl (C=O) groups is 1. The molecule has 1 amide bonds. The molecular formula is C69H129NO18. The van der Waals surface area contributed by atoms with Crippen molar-refractivity contribution in [2.24, 2.45) is 0 Å². The first-order chi connectivity index (χ1) is 42.8. The van der Waals surface area contributed by atoms with Crippen LogP contribution in [-0.2, 0) is 33.2 Å². The number of hydrogen-bond acceptors (Lipinski definition) is 18. The van der Waals surface area contributed by atoms with E-state index in [9.17, 15) is 61.0 Å². The van der Waals surface area contributed by atoms with E-state index >= 15 is 0 Å². The maximum Gasteiger partial charge on any atom is 0.220 e. The zero-order valence-electron chi connectivity index (χ0n) is 54.7. The Kier molecular flexibility index (Phi) is 47.3. The number of amides is 1. The second-order valence-corrected chi connectivity index (χ2v) is 25.7. The van der Waals surface area contributed by atoms with Gasteiger partial charge in [-0.3, -0.25) is 4.79 Å². The van der Waals surface area contributed by atoms with E-state index in [2.05, 4.69) is 31.3 Å². The van der Waals surface area contributed by atoms with Gasteiger partial charge >= 0.3 is 0 Å². The fraction of sp³-hybridized carbons (Fsp3) is 0.928. The lowest BCUT2D eigenvalue weighted by molar-refractivity contribution is -0.379. The van der Waals surface area contributed by atoms with E-state index in [0.29, 0.717) is 12.8 Å². The first-order valence-corrected chi connectivity index (χ1v) is 35.6. The third kappa shape index (κ3) is 33.4. The minimum absolute atomic E-state index is 0.240. The molecule has 518 valence electrons. The van der Waals surface area contributed by atoms with Crippen molar-refractivity contribution < 1.29 is 89.4 Å². The van der Waals surface area contributed by atoms with Crippen LogP contribution in [0.5, 0.6) is 0 Å². The Hall–Kier alpha value is -1.73. The summed E-state index contributed by atoms with van der Waals surface area (Å²) in [6.45, 7) is 1.71. The molecule has 3 saturated heterocycles. The summed E-state index contributed by atoms with van der Waals surface area (Å²) in [7, 11) is 0. The fourth-order valence-electron chi connectivity index (χ4n) is 12.2. The number of carbonyl (C=O) groups excluding carboxylic acids is 1. The summed E-state index contributed by atoms with van der Waals surface area (Å²) in [5.74, 6) is -0.281. The molecule has 19 nitrogen and oxygen atoms in total. The first-order valence-electron chi connectivity index (χ1n) is 35.6. The summed E-state index contributed by atoms with van der Waals surface area (Å²) < 4.78 is 34.3. The molecule has 3 rings (SSSR count). The minimum Gasteiger partial charge on any atom is -0.394 e. The second kappa shape index (κ2) is 51.7. The Bertz CT molecular complexity index is 1690. The van der Waals surface area contributed by atoms with Crippen LogP contribution in [0.3, 0.4) is 0 Å². The van der Waals surface area contributed by atoms with E-state index in [1.54, 1.807) is 6.08 Å². The van der Waals surface area contributed by atoms with Gasteiger partial charge in [0.1, 0.15) is 73.2 Å². The molecule has 0 aliphatic carbocycles. The zero-order chi connectivity index (χ0) is 64.0. The summed E-state index contributed by atoms with van der Waals surface area (Å²) in [4.78, 5) is 13.4. The molecule has 0 saturated carbocycles. The highest BCUT2D eigenvalue weighted by atomic mass is 16.8. The number of allylic oxidation sites excluding steroid dienone is 3. The number of rotatable bonds is 55. The molecule has 3 aliphatic heterocycles. The van der Waals surface area contributed by atoms with E-state index in [1.165, 1.54) is 205 Å². The van der Waals surface area contributed by atoms with Crippen LogP contribution in [0.15, 0.2) is 24.3 Å². The van der Waals surface area contributed by atoms with Crippen LogP contribution in [-0.4, -0.2) is 193 Å². The van der Waals surface area contributed by atoms with Crippen LogP contribution in [0.25, 0.3) is 0 Å². The van der Waals surface area contributed by atoms with Gasteiger partial charge in [-0.1, -0.05) is 263 Å². The Morgan fingerprint density at radius 1 is 0.398 bits per heavy atom. The van der Waals surface area contributed by atoms with Crippen molar-refractivity contribution in [3.05, 3.63) is 24.3 Å². The maximum atomic E-state index is 13.4. The molecule has 0 aromatic carbocycles. The molecule has 12 N–H and O–H groups in total. The summed E-state index contributed by atoms with van der Waals surface area (Å²) in [5.41, 5.74) is 0. The van der Waals surface area contributed by atoms with Crippen LogP contribution in [0.1, 0.15) is 277 Å². The van der Waals surface area contributed by atoms with Gasteiger partial charge in [-0.05, 0) is 32.1 Å². The van der Waals surface area contributed by atoms with Gasteiger partial charge in [0.2, 0.25) is 5.91 Å². The molecule has 88 heavy (non-hydrogen) atoms. The predicted octanol–water partition coefficient (Wildman–Crippen LogP) is 9.44. The highest BCUT2D eigenvalue weighted by molar-refractivity contribution is 5.76. The van der Waals surface area contributed by atoms with E-state index in [0.717, 1.165) is 38.5 Å². The molecule has 0 bridgehead atoms. The van der Waals surface area contributed by atoms with E-state index < -0.39 is 124 Å². The standard InChI is InChI=1S/C69H129NO18/c1-3-5-7-9-11-13-15-17-18-19-20-21-22-23-24-25-26-27-28-29-30-31-32-33-34-35-37-39-41-43-45-47-57(75)70-52(53(74)46-44-42-40-38-36-16-14-12-10-8-6-4-2)51-83-67-63(81)60(78)65(55(49-72)85-67)88-69-64(82)61(79)66(56(50-73)86-69)87-68-62(80)59(77)58(76)54(48-71)84-68/h36,38,44,46,52-56,58-69,71-74,76-82H,3-35,37,39-43,45,47-51H2,1-2H3,(H,70,75)/b38-36+,46-44+. The summed E-state index contributed by atoms with van der Waals surface area (Å²) >= 11 is 0. The van der Waals surface area contributed by atoms with Crippen molar-refractivity contribution in [3.8, 4) is 0 Å². The minimum atomic E-state index is -1.98. The lowest BCUT2D eigenvalue weighted by atomic mass is 9.96. The average molecular weight is 1260 g/mol.